The van der Waals surface area contributed by atoms with Gasteiger partial charge >= 0.3 is 0 Å². The lowest BCUT2D eigenvalue weighted by Crippen LogP contribution is -2.45. The first kappa shape index (κ1) is 13.3. The minimum Gasteiger partial charge on any atom is -0.375 e. The quantitative estimate of drug-likeness (QED) is 0.815. The van der Waals surface area contributed by atoms with E-state index >= 15 is 0 Å². The van der Waals surface area contributed by atoms with Gasteiger partial charge in [0.2, 0.25) is 0 Å². The fourth-order valence-electron chi connectivity index (χ4n) is 3.35. The first-order valence-corrected chi connectivity index (χ1v) is 7.21. The number of likely N-dealkylation sites (tertiary alicyclic amines) is 1. The third-order valence-corrected chi connectivity index (χ3v) is 4.11. The predicted molar refractivity (Wildman–Crippen MR) is 71.3 cm³/mol. The highest BCUT2D eigenvalue weighted by molar-refractivity contribution is 4.81. The van der Waals surface area contributed by atoms with E-state index in [0.717, 1.165) is 5.92 Å². The number of rotatable bonds is 3. The van der Waals surface area contributed by atoms with Crippen molar-refractivity contribution in [3.8, 4) is 0 Å². The molecule has 2 rings (SSSR count). The zero-order valence-corrected chi connectivity index (χ0v) is 11.6. The van der Waals surface area contributed by atoms with Gasteiger partial charge in [0.05, 0.1) is 12.2 Å². The zero-order chi connectivity index (χ0) is 12.3. The van der Waals surface area contributed by atoms with E-state index in [1.165, 1.54) is 45.3 Å². The van der Waals surface area contributed by atoms with Crippen LogP contribution >= 0.6 is 0 Å². The lowest BCUT2D eigenvalue weighted by Gasteiger charge is -2.35. The third-order valence-electron chi connectivity index (χ3n) is 4.11. The van der Waals surface area contributed by atoms with Gasteiger partial charge in [0.15, 0.2) is 0 Å². The molecule has 0 radical (unpaired) electrons. The van der Waals surface area contributed by atoms with Crippen molar-refractivity contribution in [2.45, 2.75) is 57.8 Å². The second kappa shape index (κ2) is 6.17. The Balaban J connectivity index is 1.70. The van der Waals surface area contributed by atoms with Crippen LogP contribution in [0.1, 0.15) is 39.5 Å². The molecule has 2 fully saturated rings. The number of piperidine rings is 1. The van der Waals surface area contributed by atoms with Crippen LogP contribution in [0.15, 0.2) is 0 Å². The van der Waals surface area contributed by atoms with Gasteiger partial charge < -0.3 is 15.0 Å². The van der Waals surface area contributed by atoms with Gasteiger partial charge in [-0.25, -0.2) is 0 Å². The van der Waals surface area contributed by atoms with Gasteiger partial charge in [-0.1, -0.05) is 0 Å². The first-order chi connectivity index (χ1) is 8.13. The lowest BCUT2D eigenvalue weighted by atomic mass is 9.96. The fourth-order valence-corrected chi connectivity index (χ4v) is 3.35. The summed E-state index contributed by atoms with van der Waals surface area (Å²) < 4.78 is 5.78. The Kier molecular flexibility index (Phi) is 4.83. The van der Waals surface area contributed by atoms with Crippen LogP contribution in [0.5, 0.6) is 0 Å². The van der Waals surface area contributed by atoms with Crippen LogP contribution in [0, 0.1) is 5.92 Å². The average Bonchev–Trinajstić information content (AvgIpc) is 2.25. The Morgan fingerprint density at radius 2 is 1.94 bits per heavy atom. The number of nitrogens with one attached hydrogen (secondary N) is 1. The maximum Gasteiger partial charge on any atom is 0.0565 e. The minimum absolute atomic E-state index is 0.422. The molecule has 0 aromatic carbocycles. The monoisotopic (exact) mass is 240 g/mol. The van der Waals surface area contributed by atoms with Crippen LogP contribution in [-0.2, 0) is 4.74 Å². The summed E-state index contributed by atoms with van der Waals surface area (Å²) in [5.41, 5.74) is 0. The van der Waals surface area contributed by atoms with Gasteiger partial charge in [-0.15, -0.1) is 0 Å². The highest BCUT2D eigenvalue weighted by Gasteiger charge is 2.25. The summed E-state index contributed by atoms with van der Waals surface area (Å²) in [7, 11) is 2.24. The number of ether oxygens (including phenoxy) is 1. The Hall–Kier alpha value is -0.120. The van der Waals surface area contributed by atoms with Crippen LogP contribution in [0.25, 0.3) is 0 Å². The highest BCUT2D eigenvalue weighted by Crippen LogP contribution is 2.20. The topological polar surface area (TPSA) is 24.5 Å². The molecular formula is C14H28N2O. The summed E-state index contributed by atoms with van der Waals surface area (Å²) in [6.45, 7) is 8.12. The van der Waals surface area contributed by atoms with Crippen LogP contribution in [-0.4, -0.2) is 49.8 Å². The van der Waals surface area contributed by atoms with Gasteiger partial charge in [-0.05, 0) is 65.6 Å². The van der Waals surface area contributed by atoms with Crippen molar-refractivity contribution in [2.24, 2.45) is 5.92 Å². The van der Waals surface area contributed by atoms with E-state index in [-0.39, 0.29) is 0 Å². The van der Waals surface area contributed by atoms with Gasteiger partial charge in [-0.3, -0.25) is 0 Å². The number of hydrogen-bond acceptors (Lipinski definition) is 3. The van der Waals surface area contributed by atoms with Crippen molar-refractivity contribution in [3.05, 3.63) is 0 Å². The van der Waals surface area contributed by atoms with Crippen molar-refractivity contribution in [1.29, 1.82) is 0 Å². The van der Waals surface area contributed by atoms with E-state index in [9.17, 15) is 0 Å². The maximum absolute atomic E-state index is 5.78. The van der Waals surface area contributed by atoms with Crippen molar-refractivity contribution >= 4 is 0 Å². The molecular weight excluding hydrogens is 212 g/mol. The summed E-state index contributed by atoms with van der Waals surface area (Å²) in [5.74, 6) is 0.849. The summed E-state index contributed by atoms with van der Waals surface area (Å²) in [6, 6.07) is 0.668. The number of hydrogen-bond donors (Lipinski definition) is 1. The van der Waals surface area contributed by atoms with Crippen LogP contribution in [0.4, 0.5) is 0 Å². The van der Waals surface area contributed by atoms with Crippen molar-refractivity contribution in [3.63, 3.8) is 0 Å². The smallest absolute Gasteiger partial charge is 0.0565 e. The predicted octanol–water partition coefficient (Wildman–Crippen LogP) is 1.87. The molecule has 0 aliphatic carbocycles. The second-order valence-electron chi connectivity index (χ2n) is 6.10. The highest BCUT2D eigenvalue weighted by atomic mass is 16.5. The lowest BCUT2D eigenvalue weighted by molar-refractivity contribution is -0.0427. The van der Waals surface area contributed by atoms with E-state index in [2.05, 4.69) is 31.1 Å². The van der Waals surface area contributed by atoms with Crippen molar-refractivity contribution in [2.75, 3.05) is 26.7 Å². The number of nitrogens with zero attached hydrogens (tertiary/aromatic N) is 1. The van der Waals surface area contributed by atoms with Crippen molar-refractivity contribution < 1.29 is 4.74 Å². The molecule has 2 heterocycles. The van der Waals surface area contributed by atoms with E-state index in [1.54, 1.807) is 0 Å². The fraction of sp³-hybridized carbons (Fsp3) is 1.00. The molecule has 0 aromatic heterocycles. The summed E-state index contributed by atoms with van der Waals surface area (Å²) in [4.78, 5) is 2.46. The molecule has 2 aliphatic rings. The molecule has 3 unspecified atom stereocenters. The van der Waals surface area contributed by atoms with Crippen LogP contribution in [0.2, 0.25) is 0 Å². The molecule has 3 nitrogen and oxygen atoms in total. The van der Waals surface area contributed by atoms with Crippen molar-refractivity contribution in [1.82, 2.24) is 10.2 Å². The van der Waals surface area contributed by atoms with E-state index in [1.807, 2.05) is 0 Å². The van der Waals surface area contributed by atoms with E-state index in [4.69, 9.17) is 4.74 Å². The van der Waals surface area contributed by atoms with Crippen LogP contribution < -0.4 is 5.32 Å². The molecule has 0 amide bonds. The normalized spacial score (nSPS) is 40.4. The zero-order valence-electron chi connectivity index (χ0n) is 11.6. The first-order valence-electron chi connectivity index (χ1n) is 7.21. The van der Waals surface area contributed by atoms with Crippen LogP contribution in [0.3, 0.4) is 0 Å². The maximum atomic E-state index is 5.78. The van der Waals surface area contributed by atoms with E-state index < -0.39 is 0 Å². The molecule has 3 heteroatoms. The third kappa shape index (κ3) is 4.23. The Labute approximate surface area is 106 Å². The molecule has 3 atom stereocenters. The summed E-state index contributed by atoms with van der Waals surface area (Å²) in [6.07, 6.45) is 5.95. The molecule has 0 spiro atoms. The molecule has 2 saturated heterocycles. The Morgan fingerprint density at radius 3 is 2.59 bits per heavy atom. The molecule has 1 N–H and O–H groups in total. The SMILES string of the molecule is CC1CC(NCC2CCCN(C)C2)CC(C)O1. The van der Waals surface area contributed by atoms with Gasteiger partial charge in [-0.2, -0.15) is 0 Å². The Bertz CT molecular complexity index is 224. The molecule has 17 heavy (non-hydrogen) atoms. The van der Waals surface area contributed by atoms with Gasteiger partial charge in [0.1, 0.15) is 0 Å². The molecule has 0 aromatic rings. The average molecular weight is 240 g/mol. The molecule has 100 valence electrons. The Morgan fingerprint density at radius 1 is 1.24 bits per heavy atom. The van der Waals surface area contributed by atoms with Gasteiger partial charge in [0, 0.05) is 12.6 Å². The summed E-state index contributed by atoms with van der Waals surface area (Å²) in [5, 5.41) is 3.77. The molecule has 2 aliphatic heterocycles. The van der Waals surface area contributed by atoms with E-state index in [0.29, 0.717) is 18.2 Å². The molecule has 0 saturated carbocycles. The molecule has 0 bridgehead atoms. The largest absolute Gasteiger partial charge is 0.375 e. The summed E-state index contributed by atoms with van der Waals surface area (Å²) >= 11 is 0. The second-order valence-corrected chi connectivity index (χ2v) is 6.10. The minimum atomic E-state index is 0.422. The van der Waals surface area contributed by atoms with Gasteiger partial charge in [0.25, 0.3) is 0 Å². The standard InChI is InChI=1S/C14H28N2O/c1-11-7-14(8-12(2)17-11)15-9-13-5-4-6-16(3)10-13/h11-15H,4-10H2,1-3H3.